The van der Waals surface area contributed by atoms with E-state index in [4.69, 9.17) is 15.0 Å². The van der Waals surface area contributed by atoms with Gasteiger partial charge in [0.1, 0.15) is 5.75 Å². The summed E-state index contributed by atoms with van der Waals surface area (Å²) in [6.07, 6.45) is 5.89. The van der Waals surface area contributed by atoms with Gasteiger partial charge in [-0.15, -0.1) is 12.4 Å². The van der Waals surface area contributed by atoms with E-state index in [0.717, 1.165) is 37.0 Å². The maximum atomic E-state index is 12.2. The second kappa shape index (κ2) is 9.71. The molecule has 1 fully saturated rings. The quantitative estimate of drug-likeness (QED) is 0.713. The highest BCUT2D eigenvalue weighted by Gasteiger charge is 2.33. The summed E-state index contributed by atoms with van der Waals surface area (Å²) in [5, 5.41) is 7.13. The van der Waals surface area contributed by atoms with Crippen molar-refractivity contribution in [2.45, 2.75) is 50.5 Å². The SMILES string of the molecule is COc1ccc(-c2noc(CCCC(=O)NC3(CN)CCCC3)n2)cc1.Cl. The minimum Gasteiger partial charge on any atom is -0.497 e. The van der Waals surface area contributed by atoms with E-state index in [1.807, 2.05) is 24.3 Å². The molecule has 0 atom stereocenters. The zero-order valence-corrected chi connectivity index (χ0v) is 16.4. The van der Waals surface area contributed by atoms with E-state index in [-0.39, 0.29) is 23.9 Å². The number of rotatable bonds is 8. The zero-order valence-electron chi connectivity index (χ0n) is 15.6. The van der Waals surface area contributed by atoms with Gasteiger partial charge in [-0.3, -0.25) is 4.79 Å². The summed E-state index contributed by atoms with van der Waals surface area (Å²) < 4.78 is 10.4. The molecule has 7 nitrogen and oxygen atoms in total. The van der Waals surface area contributed by atoms with Crippen molar-refractivity contribution in [3.63, 3.8) is 0 Å². The Morgan fingerprint density at radius 2 is 2.00 bits per heavy atom. The molecule has 1 aliphatic rings. The number of amides is 1. The lowest BCUT2D eigenvalue weighted by Crippen LogP contribution is -2.51. The number of methoxy groups -OCH3 is 1. The summed E-state index contributed by atoms with van der Waals surface area (Å²) in [5.74, 6) is 1.91. The largest absolute Gasteiger partial charge is 0.497 e. The van der Waals surface area contributed by atoms with Gasteiger partial charge >= 0.3 is 0 Å². The van der Waals surface area contributed by atoms with Crippen LogP contribution in [0.3, 0.4) is 0 Å². The number of halogens is 1. The fourth-order valence-corrected chi connectivity index (χ4v) is 3.40. The predicted octanol–water partition coefficient (Wildman–Crippen LogP) is 2.88. The normalized spacial score (nSPS) is 15.2. The van der Waals surface area contributed by atoms with E-state index in [1.54, 1.807) is 7.11 Å². The summed E-state index contributed by atoms with van der Waals surface area (Å²) in [7, 11) is 1.62. The molecule has 0 saturated heterocycles. The van der Waals surface area contributed by atoms with Crippen LogP contribution in [0, 0.1) is 0 Å². The van der Waals surface area contributed by atoms with Crippen molar-refractivity contribution >= 4 is 18.3 Å². The first-order chi connectivity index (χ1) is 12.6. The first-order valence-corrected chi connectivity index (χ1v) is 9.12. The van der Waals surface area contributed by atoms with E-state index < -0.39 is 0 Å². The molecule has 8 heteroatoms. The molecular formula is C19H27ClN4O3. The average molecular weight is 395 g/mol. The Morgan fingerprint density at radius 3 is 2.63 bits per heavy atom. The number of hydrogen-bond acceptors (Lipinski definition) is 6. The van der Waals surface area contributed by atoms with Crippen LogP contribution in [0.5, 0.6) is 5.75 Å². The lowest BCUT2D eigenvalue weighted by atomic mass is 9.97. The Morgan fingerprint density at radius 1 is 1.30 bits per heavy atom. The Labute approximate surface area is 165 Å². The number of hydrogen-bond donors (Lipinski definition) is 2. The number of nitrogens with two attached hydrogens (primary N) is 1. The van der Waals surface area contributed by atoms with Gasteiger partial charge in [0, 0.05) is 24.9 Å². The molecule has 148 valence electrons. The van der Waals surface area contributed by atoms with Crippen LogP contribution < -0.4 is 15.8 Å². The van der Waals surface area contributed by atoms with Crippen molar-refractivity contribution in [2.75, 3.05) is 13.7 Å². The zero-order chi connectivity index (χ0) is 18.4. The van der Waals surface area contributed by atoms with Crippen molar-refractivity contribution in [1.29, 1.82) is 0 Å². The first kappa shape index (κ1) is 21.2. The van der Waals surface area contributed by atoms with Crippen LogP contribution in [0.4, 0.5) is 0 Å². The monoisotopic (exact) mass is 394 g/mol. The van der Waals surface area contributed by atoms with Crippen molar-refractivity contribution in [2.24, 2.45) is 5.73 Å². The Balaban J connectivity index is 0.00000261. The summed E-state index contributed by atoms with van der Waals surface area (Å²) >= 11 is 0. The Hall–Kier alpha value is -2.12. The minimum absolute atomic E-state index is 0. The third-order valence-electron chi connectivity index (χ3n) is 4.97. The molecule has 1 aromatic heterocycles. The molecule has 0 bridgehead atoms. The molecule has 3 N–H and O–H groups in total. The van der Waals surface area contributed by atoms with Crippen LogP contribution in [-0.2, 0) is 11.2 Å². The second-order valence-corrected chi connectivity index (χ2v) is 6.83. The highest BCUT2D eigenvalue weighted by Crippen LogP contribution is 2.28. The number of ether oxygens (including phenoxy) is 1. The molecule has 1 aromatic carbocycles. The number of aromatic nitrogens is 2. The number of aryl methyl sites for hydroxylation is 1. The van der Waals surface area contributed by atoms with Gasteiger partial charge in [-0.25, -0.2) is 0 Å². The molecule has 0 spiro atoms. The fraction of sp³-hybridized carbons (Fsp3) is 0.526. The number of benzene rings is 1. The third kappa shape index (κ3) is 5.43. The van der Waals surface area contributed by atoms with E-state index in [2.05, 4.69) is 15.5 Å². The molecular weight excluding hydrogens is 368 g/mol. The van der Waals surface area contributed by atoms with Crippen molar-refractivity contribution < 1.29 is 14.1 Å². The molecule has 27 heavy (non-hydrogen) atoms. The van der Waals surface area contributed by atoms with Crippen molar-refractivity contribution in [3.8, 4) is 17.1 Å². The molecule has 1 saturated carbocycles. The van der Waals surface area contributed by atoms with Gasteiger partial charge in [-0.1, -0.05) is 18.0 Å². The maximum Gasteiger partial charge on any atom is 0.226 e. The van der Waals surface area contributed by atoms with Gasteiger partial charge in [0.2, 0.25) is 17.6 Å². The Kier molecular flexibility index (Phi) is 7.62. The van der Waals surface area contributed by atoms with Crippen LogP contribution in [0.15, 0.2) is 28.8 Å². The highest BCUT2D eigenvalue weighted by atomic mass is 35.5. The minimum atomic E-state index is -0.191. The van der Waals surface area contributed by atoms with Gasteiger partial charge in [0.05, 0.1) is 12.6 Å². The van der Waals surface area contributed by atoms with Crippen molar-refractivity contribution in [1.82, 2.24) is 15.5 Å². The molecule has 0 radical (unpaired) electrons. The number of carbonyl (C=O) groups excluding carboxylic acids is 1. The van der Waals surface area contributed by atoms with Gasteiger partial charge < -0.3 is 20.3 Å². The molecule has 2 aromatic rings. The number of carbonyl (C=O) groups is 1. The molecule has 0 aliphatic heterocycles. The summed E-state index contributed by atoms with van der Waals surface area (Å²) in [6.45, 7) is 0.508. The Bertz CT molecular complexity index is 727. The van der Waals surface area contributed by atoms with Crippen LogP contribution in [0.2, 0.25) is 0 Å². The summed E-state index contributed by atoms with van der Waals surface area (Å²) in [4.78, 5) is 16.6. The lowest BCUT2D eigenvalue weighted by Gasteiger charge is -2.28. The maximum absolute atomic E-state index is 12.2. The van der Waals surface area contributed by atoms with E-state index in [0.29, 0.717) is 37.5 Å². The van der Waals surface area contributed by atoms with Crippen LogP contribution in [0.25, 0.3) is 11.4 Å². The van der Waals surface area contributed by atoms with E-state index in [9.17, 15) is 4.79 Å². The van der Waals surface area contributed by atoms with Gasteiger partial charge in [-0.2, -0.15) is 4.98 Å². The van der Waals surface area contributed by atoms with Gasteiger partial charge in [-0.05, 0) is 43.5 Å². The standard InChI is InChI=1S/C19H26N4O3.ClH/c1-25-15-9-7-14(8-10-15)18-21-17(26-23-18)6-4-5-16(24)22-19(13-20)11-2-3-12-19;/h7-10H,2-6,11-13,20H2,1H3,(H,22,24);1H. The molecule has 1 aliphatic carbocycles. The predicted molar refractivity (Wildman–Crippen MR) is 105 cm³/mol. The summed E-state index contributed by atoms with van der Waals surface area (Å²) in [5.41, 5.74) is 6.53. The van der Waals surface area contributed by atoms with Crippen LogP contribution in [-0.4, -0.2) is 35.2 Å². The van der Waals surface area contributed by atoms with Crippen molar-refractivity contribution in [3.05, 3.63) is 30.2 Å². The van der Waals surface area contributed by atoms with Crippen LogP contribution in [0.1, 0.15) is 44.4 Å². The molecule has 1 amide bonds. The van der Waals surface area contributed by atoms with Gasteiger partial charge in [0.25, 0.3) is 0 Å². The lowest BCUT2D eigenvalue weighted by molar-refractivity contribution is -0.123. The topological polar surface area (TPSA) is 103 Å². The fourth-order valence-electron chi connectivity index (χ4n) is 3.40. The van der Waals surface area contributed by atoms with E-state index >= 15 is 0 Å². The number of nitrogens with zero attached hydrogens (tertiary/aromatic N) is 2. The smallest absolute Gasteiger partial charge is 0.226 e. The van der Waals surface area contributed by atoms with Crippen LogP contribution >= 0.6 is 12.4 Å². The number of nitrogens with one attached hydrogen (secondary N) is 1. The summed E-state index contributed by atoms with van der Waals surface area (Å²) in [6, 6.07) is 7.47. The second-order valence-electron chi connectivity index (χ2n) is 6.83. The highest BCUT2D eigenvalue weighted by molar-refractivity contribution is 5.85. The first-order valence-electron chi connectivity index (χ1n) is 9.12. The third-order valence-corrected chi connectivity index (χ3v) is 4.97. The molecule has 3 rings (SSSR count). The molecule has 0 unspecified atom stereocenters. The van der Waals surface area contributed by atoms with E-state index in [1.165, 1.54) is 0 Å². The molecule has 1 heterocycles. The average Bonchev–Trinajstić information content (AvgIpc) is 3.32. The van der Waals surface area contributed by atoms with Gasteiger partial charge in [0.15, 0.2) is 0 Å².